The van der Waals surface area contributed by atoms with Crippen molar-refractivity contribution in [2.24, 2.45) is 5.73 Å². The number of ether oxygens (including phenoxy) is 1. The fourth-order valence-electron chi connectivity index (χ4n) is 4.26. The minimum atomic E-state index is -5.08. The van der Waals surface area contributed by atoms with Crippen molar-refractivity contribution in [2.45, 2.75) is 56.0 Å². The van der Waals surface area contributed by atoms with Gasteiger partial charge in [-0.3, -0.25) is 9.48 Å². The molecule has 1 aliphatic carbocycles. The average molecular weight is 617 g/mol. The molecule has 3 aromatic rings. The molecule has 0 spiro atoms. The zero-order valence-electron chi connectivity index (χ0n) is 22.3. The molecule has 1 saturated carbocycles. The third kappa shape index (κ3) is 7.14. The van der Waals surface area contributed by atoms with E-state index in [4.69, 9.17) is 20.4 Å². The van der Waals surface area contributed by atoms with Crippen molar-refractivity contribution in [1.29, 1.82) is 0 Å². The summed E-state index contributed by atoms with van der Waals surface area (Å²) in [5, 5.41) is 15.6. The Balaban J connectivity index is 0.000000517. The van der Waals surface area contributed by atoms with Crippen LogP contribution in [0.4, 0.5) is 29.1 Å². The third-order valence-electron chi connectivity index (χ3n) is 6.59. The van der Waals surface area contributed by atoms with Crippen LogP contribution in [-0.2, 0) is 24.3 Å². The lowest BCUT2D eigenvalue weighted by Crippen LogP contribution is -2.42. The summed E-state index contributed by atoms with van der Waals surface area (Å²) in [7, 11) is -3.87. The molecular formula is C25H28F4N6O6S. The summed E-state index contributed by atoms with van der Waals surface area (Å²) in [5.41, 5.74) is 7.17. The highest BCUT2D eigenvalue weighted by Crippen LogP contribution is 2.39. The Morgan fingerprint density at radius 1 is 1.17 bits per heavy atom. The van der Waals surface area contributed by atoms with Gasteiger partial charge in [-0.1, -0.05) is 0 Å². The molecule has 0 atom stereocenters. The SMILES string of the molecule is Cc1cc(Nc2nn(C3CC3)c3cnc(S(=O)(=O)N4CCC(OC(=O)CN)CC4)cc23)ccc1F.O=C(O)C(F)(F)F. The second-order valence-corrected chi connectivity index (χ2v) is 11.6. The number of sulfonamides is 1. The number of aliphatic carboxylic acids is 1. The molecule has 3 heterocycles. The molecule has 0 unspecified atom stereocenters. The number of nitrogens with one attached hydrogen (secondary N) is 1. The second-order valence-electron chi connectivity index (χ2n) is 9.75. The summed E-state index contributed by atoms with van der Waals surface area (Å²) in [6, 6.07) is 6.46. The van der Waals surface area contributed by atoms with Crippen LogP contribution in [0.2, 0.25) is 0 Å². The van der Waals surface area contributed by atoms with Crippen molar-refractivity contribution >= 4 is 44.4 Å². The molecule has 2 aliphatic rings. The quantitative estimate of drug-likeness (QED) is 0.265. The summed E-state index contributed by atoms with van der Waals surface area (Å²) >= 11 is 0. The van der Waals surface area contributed by atoms with Crippen LogP contribution >= 0.6 is 0 Å². The summed E-state index contributed by atoms with van der Waals surface area (Å²) in [4.78, 5) is 24.6. The minimum absolute atomic E-state index is 0.0731. The van der Waals surface area contributed by atoms with Gasteiger partial charge in [0.2, 0.25) is 0 Å². The first-order valence-corrected chi connectivity index (χ1v) is 14.3. The predicted molar refractivity (Wildman–Crippen MR) is 141 cm³/mol. The van der Waals surface area contributed by atoms with E-state index in [9.17, 15) is 30.8 Å². The van der Waals surface area contributed by atoms with Gasteiger partial charge in [0.15, 0.2) is 10.8 Å². The van der Waals surface area contributed by atoms with Gasteiger partial charge in [-0.25, -0.2) is 22.6 Å². The molecule has 4 N–H and O–H groups in total. The van der Waals surface area contributed by atoms with E-state index in [-0.39, 0.29) is 42.6 Å². The fraction of sp³-hybridized carbons (Fsp3) is 0.440. The van der Waals surface area contributed by atoms with Crippen molar-refractivity contribution in [1.82, 2.24) is 19.1 Å². The number of nitrogens with zero attached hydrogens (tertiary/aromatic N) is 4. The number of aromatic nitrogens is 3. The number of alkyl halides is 3. The maximum atomic E-state index is 13.7. The topological polar surface area (TPSA) is 170 Å². The molecule has 1 saturated heterocycles. The van der Waals surface area contributed by atoms with E-state index in [1.807, 2.05) is 4.68 Å². The zero-order chi connectivity index (χ0) is 30.8. The van der Waals surface area contributed by atoms with E-state index in [0.717, 1.165) is 18.4 Å². The number of pyridine rings is 1. The number of anilines is 2. The van der Waals surface area contributed by atoms with Crippen molar-refractivity contribution in [3.05, 3.63) is 41.8 Å². The number of carbonyl (C=O) groups is 2. The second kappa shape index (κ2) is 12.2. The van der Waals surface area contributed by atoms with E-state index >= 15 is 0 Å². The van der Waals surface area contributed by atoms with E-state index in [2.05, 4.69) is 15.4 Å². The number of rotatable bonds is 7. The van der Waals surface area contributed by atoms with Crippen molar-refractivity contribution in [2.75, 3.05) is 25.0 Å². The van der Waals surface area contributed by atoms with E-state index in [1.54, 1.807) is 25.3 Å². The zero-order valence-corrected chi connectivity index (χ0v) is 23.1. The largest absolute Gasteiger partial charge is 0.490 e. The molecule has 1 aromatic carbocycles. The van der Waals surface area contributed by atoms with Crippen molar-refractivity contribution in [3.8, 4) is 0 Å². The number of piperidine rings is 1. The van der Waals surface area contributed by atoms with Gasteiger partial charge in [0.05, 0.1) is 24.3 Å². The molecule has 5 rings (SSSR count). The predicted octanol–water partition coefficient (Wildman–Crippen LogP) is 3.25. The summed E-state index contributed by atoms with van der Waals surface area (Å²) in [6.45, 7) is 1.90. The fourth-order valence-corrected chi connectivity index (χ4v) is 5.67. The number of carboxylic acid groups (broad SMARTS) is 1. The van der Waals surface area contributed by atoms with Crippen LogP contribution in [0.1, 0.15) is 37.3 Å². The van der Waals surface area contributed by atoms with E-state index < -0.39 is 28.1 Å². The van der Waals surface area contributed by atoms with E-state index in [0.29, 0.717) is 35.3 Å². The lowest BCUT2D eigenvalue weighted by atomic mass is 10.1. The molecule has 228 valence electrons. The molecule has 17 heteroatoms. The van der Waals surface area contributed by atoms with Gasteiger partial charge in [-0.2, -0.15) is 22.6 Å². The monoisotopic (exact) mass is 616 g/mol. The highest BCUT2D eigenvalue weighted by Gasteiger charge is 2.38. The standard InChI is InChI=1S/C23H27FN6O4S.C2HF3O2/c1-14-10-15(2-5-19(14)24)27-23-18-11-21(26-13-20(18)30(28-23)16-3-4-16)35(32,33)29-8-6-17(7-9-29)34-22(31)12-25;3-2(4,5)1(6)7/h2,5,10-11,13,16-17H,3-4,6-9,12,25H2,1H3,(H,27,28);(H,6,7). The lowest BCUT2D eigenvalue weighted by molar-refractivity contribution is -0.192. The summed E-state index contributed by atoms with van der Waals surface area (Å²) < 4.78 is 80.7. The number of nitrogens with two attached hydrogens (primary N) is 1. The molecule has 0 radical (unpaired) electrons. The Labute approximate surface area is 237 Å². The van der Waals surface area contributed by atoms with Crippen molar-refractivity contribution in [3.63, 3.8) is 0 Å². The van der Waals surface area contributed by atoms with E-state index in [1.165, 1.54) is 16.4 Å². The maximum absolute atomic E-state index is 13.7. The maximum Gasteiger partial charge on any atom is 0.490 e. The van der Waals surface area contributed by atoms with Gasteiger partial charge < -0.3 is 20.9 Å². The Kier molecular flexibility index (Phi) is 9.03. The Bertz CT molecular complexity index is 1580. The first-order valence-electron chi connectivity index (χ1n) is 12.8. The van der Waals surface area contributed by atoms with Gasteiger partial charge in [-0.15, -0.1) is 0 Å². The van der Waals surface area contributed by atoms with Crippen LogP contribution in [0.15, 0.2) is 35.5 Å². The molecule has 12 nitrogen and oxygen atoms in total. The van der Waals surface area contributed by atoms with Crippen LogP contribution in [0, 0.1) is 12.7 Å². The van der Waals surface area contributed by atoms with Crippen LogP contribution < -0.4 is 11.1 Å². The number of hydrogen-bond donors (Lipinski definition) is 3. The highest BCUT2D eigenvalue weighted by atomic mass is 32.2. The molecule has 1 aliphatic heterocycles. The minimum Gasteiger partial charge on any atom is -0.475 e. The first kappa shape index (κ1) is 31.1. The summed E-state index contributed by atoms with van der Waals surface area (Å²) in [5.74, 6) is -3.07. The number of esters is 1. The van der Waals surface area contributed by atoms with Crippen molar-refractivity contribution < 1.29 is 45.4 Å². The molecule has 2 aromatic heterocycles. The lowest BCUT2D eigenvalue weighted by Gasteiger charge is -2.30. The first-order chi connectivity index (χ1) is 19.7. The van der Waals surface area contributed by atoms with Gasteiger partial charge in [0.1, 0.15) is 11.9 Å². The number of benzene rings is 1. The van der Waals surface area contributed by atoms with Crippen LogP contribution in [0.5, 0.6) is 0 Å². The average Bonchev–Trinajstić information content (AvgIpc) is 3.72. The number of carbonyl (C=O) groups excluding carboxylic acids is 1. The third-order valence-corrected chi connectivity index (χ3v) is 8.39. The summed E-state index contributed by atoms with van der Waals surface area (Å²) in [6.07, 6.45) is -1.11. The Morgan fingerprint density at radius 3 is 2.36 bits per heavy atom. The van der Waals surface area contributed by atoms with Gasteiger partial charge in [0.25, 0.3) is 10.0 Å². The molecule has 2 fully saturated rings. The van der Waals surface area contributed by atoms with Crippen LogP contribution in [0.25, 0.3) is 10.9 Å². The number of carboxylic acids is 1. The Morgan fingerprint density at radius 2 is 1.81 bits per heavy atom. The van der Waals surface area contributed by atoms with Crippen LogP contribution in [-0.4, -0.2) is 76.4 Å². The number of aryl methyl sites for hydroxylation is 1. The molecule has 42 heavy (non-hydrogen) atoms. The van der Waals surface area contributed by atoms with Gasteiger partial charge >= 0.3 is 18.1 Å². The number of fused-ring (bicyclic) bond motifs is 1. The highest BCUT2D eigenvalue weighted by molar-refractivity contribution is 7.89. The molecule has 0 amide bonds. The number of hydrogen-bond acceptors (Lipinski definition) is 9. The molecule has 0 bridgehead atoms. The molecular weight excluding hydrogens is 588 g/mol. The van der Waals surface area contributed by atoms with Gasteiger partial charge in [0, 0.05) is 24.2 Å². The smallest absolute Gasteiger partial charge is 0.475 e. The van der Waals surface area contributed by atoms with Crippen LogP contribution in [0.3, 0.4) is 0 Å². The van der Waals surface area contributed by atoms with Gasteiger partial charge in [-0.05, 0) is 62.4 Å². The normalized spacial score (nSPS) is 16.5. The number of halogens is 4. The Hall–Kier alpha value is -3.83.